The highest BCUT2D eigenvalue weighted by Crippen LogP contribution is 2.51. The van der Waals surface area contributed by atoms with Gasteiger partial charge >= 0.3 is 0 Å². The van der Waals surface area contributed by atoms with E-state index in [9.17, 15) is 9.18 Å². The van der Waals surface area contributed by atoms with Crippen LogP contribution in [0.4, 0.5) is 10.1 Å². The lowest BCUT2D eigenvalue weighted by molar-refractivity contribution is -0.126. The fraction of sp³-hybridized carbons (Fsp3) is 0.273. The van der Waals surface area contributed by atoms with E-state index in [1.54, 1.807) is 18.3 Å². The van der Waals surface area contributed by atoms with Crippen LogP contribution < -0.4 is 5.32 Å². The number of halogens is 1. The molecule has 2 heterocycles. The first kappa shape index (κ1) is 15.5. The van der Waals surface area contributed by atoms with Crippen LogP contribution in [-0.4, -0.2) is 10.8 Å². The van der Waals surface area contributed by atoms with E-state index >= 15 is 0 Å². The Morgan fingerprint density at radius 2 is 1.92 bits per heavy atom. The number of benzene rings is 2. The summed E-state index contributed by atoms with van der Waals surface area (Å²) in [5.74, 6) is 0.103. The van der Waals surface area contributed by atoms with Crippen LogP contribution in [-0.2, 0) is 4.79 Å². The van der Waals surface area contributed by atoms with Gasteiger partial charge in [-0.25, -0.2) is 4.39 Å². The van der Waals surface area contributed by atoms with Gasteiger partial charge in [-0.05, 0) is 60.2 Å². The van der Waals surface area contributed by atoms with E-state index in [2.05, 4.69) is 22.4 Å². The molecule has 0 spiro atoms. The molecule has 3 atom stereocenters. The van der Waals surface area contributed by atoms with Crippen molar-refractivity contribution in [3.8, 4) is 0 Å². The summed E-state index contributed by atoms with van der Waals surface area (Å²) in [6.45, 7) is 0. The second-order valence-electron chi connectivity index (χ2n) is 7.26. The highest BCUT2D eigenvalue weighted by Gasteiger charge is 2.44. The average Bonchev–Trinajstić information content (AvgIpc) is 2.68. The van der Waals surface area contributed by atoms with E-state index in [1.165, 1.54) is 17.7 Å². The Morgan fingerprint density at radius 1 is 1.08 bits per heavy atom. The van der Waals surface area contributed by atoms with Gasteiger partial charge in [0.1, 0.15) is 11.6 Å². The summed E-state index contributed by atoms with van der Waals surface area (Å²) in [5.41, 5.74) is 4.21. The summed E-state index contributed by atoms with van der Waals surface area (Å²) in [5, 5.41) is 4.71. The maximum absolute atomic E-state index is 13.4. The van der Waals surface area contributed by atoms with Crippen LogP contribution in [0, 0.1) is 11.7 Å². The van der Waals surface area contributed by atoms with Crippen molar-refractivity contribution >= 4 is 22.4 Å². The van der Waals surface area contributed by atoms with Gasteiger partial charge in [0, 0.05) is 29.6 Å². The summed E-state index contributed by atoms with van der Waals surface area (Å²) < 4.78 is 13.4. The van der Waals surface area contributed by atoms with Crippen molar-refractivity contribution < 1.29 is 9.18 Å². The van der Waals surface area contributed by atoms with Gasteiger partial charge in [-0.2, -0.15) is 0 Å². The third kappa shape index (κ3) is 2.32. The zero-order valence-electron chi connectivity index (χ0n) is 14.3. The summed E-state index contributed by atoms with van der Waals surface area (Å²) in [7, 11) is 0. The predicted octanol–water partition coefficient (Wildman–Crippen LogP) is 4.99. The van der Waals surface area contributed by atoms with Crippen LogP contribution in [0.2, 0.25) is 0 Å². The minimum Gasteiger partial charge on any atom is -0.377 e. The van der Waals surface area contributed by atoms with Gasteiger partial charge in [-0.3, -0.25) is 9.78 Å². The summed E-state index contributed by atoms with van der Waals surface area (Å²) in [6.07, 6.45) is 4.34. The Labute approximate surface area is 151 Å². The van der Waals surface area contributed by atoms with Crippen molar-refractivity contribution in [3.63, 3.8) is 0 Å². The number of anilines is 1. The van der Waals surface area contributed by atoms with Crippen molar-refractivity contribution in [1.29, 1.82) is 0 Å². The summed E-state index contributed by atoms with van der Waals surface area (Å²) >= 11 is 0. The number of pyridine rings is 1. The Balaban J connectivity index is 1.70. The van der Waals surface area contributed by atoms with Crippen molar-refractivity contribution in [2.45, 2.75) is 31.2 Å². The number of nitrogens with one attached hydrogen (secondary N) is 1. The smallest absolute Gasteiger partial charge is 0.138 e. The first-order valence-corrected chi connectivity index (χ1v) is 9.15. The lowest BCUT2D eigenvalue weighted by Crippen LogP contribution is -2.39. The zero-order chi connectivity index (χ0) is 17.7. The number of rotatable bonds is 1. The predicted molar refractivity (Wildman–Crippen MR) is 99.6 cm³/mol. The highest BCUT2D eigenvalue weighted by atomic mass is 19.1. The van der Waals surface area contributed by atoms with Crippen LogP contribution in [0.5, 0.6) is 0 Å². The minimum atomic E-state index is -0.256. The third-order valence-electron chi connectivity index (χ3n) is 5.84. The first-order chi connectivity index (χ1) is 12.7. The Hall–Kier alpha value is -2.75. The highest BCUT2D eigenvalue weighted by molar-refractivity contribution is 5.92. The van der Waals surface area contributed by atoms with Gasteiger partial charge in [0.2, 0.25) is 0 Å². The van der Waals surface area contributed by atoms with E-state index in [-0.39, 0.29) is 23.7 Å². The second kappa shape index (κ2) is 5.90. The summed E-state index contributed by atoms with van der Waals surface area (Å²) in [4.78, 5) is 17.4. The third-order valence-corrected chi connectivity index (χ3v) is 5.84. The Bertz CT molecular complexity index is 999. The van der Waals surface area contributed by atoms with E-state index in [0.29, 0.717) is 12.2 Å². The SMILES string of the molecule is O=C1CCCC2c3c(ccc4ncccc34)NC(c3ccc(F)cc3)C12. The molecule has 3 nitrogen and oxygen atoms in total. The molecule has 130 valence electrons. The molecule has 2 aromatic carbocycles. The molecule has 1 saturated carbocycles. The molecule has 0 amide bonds. The van der Waals surface area contributed by atoms with Crippen molar-refractivity contribution in [2.24, 2.45) is 5.92 Å². The molecule has 1 N–H and O–H groups in total. The molecule has 3 unspecified atom stereocenters. The van der Waals surface area contributed by atoms with E-state index in [4.69, 9.17) is 0 Å². The van der Waals surface area contributed by atoms with Crippen molar-refractivity contribution in [1.82, 2.24) is 4.98 Å². The number of Topliss-reactive ketones (excluding diaryl/α,β-unsaturated/α-hetero) is 1. The van der Waals surface area contributed by atoms with Gasteiger partial charge in [0.15, 0.2) is 0 Å². The zero-order valence-corrected chi connectivity index (χ0v) is 14.3. The molecule has 0 saturated heterocycles. The average molecular weight is 346 g/mol. The number of carbonyl (C=O) groups is 1. The largest absolute Gasteiger partial charge is 0.377 e. The fourth-order valence-corrected chi connectivity index (χ4v) is 4.73. The van der Waals surface area contributed by atoms with Crippen LogP contribution in [0.15, 0.2) is 54.7 Å². The molecule has 0 bridgehead atoms. The maximum Gasteiger partial charge on any atom is 0.138 e. The van der Waals surface area contributed by atoms with Gasteiger partial charge in [0.05, 0.1) is 11.6 Å². The molecule has 5 rings (SSSR count). The Morgan fingerprint density at radius 3 is 2.77 bits per heavy atom. The molecular formula is C22H19FN2O. The van der Waals surface area contributed by atoms with E-state index < -0.39 is 0 Å². The fourth-order valence-electron chi connectivity index (χ4n) is 4.73. The number of nitrogens with zero attached hydrogens (tertiary/aromatic N) is 1. The van der Waals surface area contributed by atoms with Crippen LogP contribution >= 0.6 is 0 Å². The van der Waals surface area contributed by atoms with Gasteiger partial charge < -0.3 is 5.32 Å². The molecular weight excluding hydrogens is 327 g/mol. The summed E-state index contributed by atoms with van der Waals surface area (Å²) in [6, 6.07) is 14.5. The monoisotopic (exact) mass is 346 g/mol. The van der Waals surface area contributed by atoms with Gasteiger partial charge in [-0.1, -0.05) is 18.2 Å². The number of carbonyl (C=O) groups excluding carboxylic acids is 1. The van der Waals surface area contributed by atoms with Crippen LogP contribution in [0.25, 0.3) is 10.9 Å². The topological polar surface area (TPSA) is 42.0 Å². The number of ketones is 1. The van der Waals surface area contributed by atoms with Crippen molar-refractivity contribution in [3.05, 3.63) is 71.7 Å². The molecule has 1 aliphatic carbocycles. The molecule has 0 radical (unpaired) electrons. The molecule has 1 aromatic heterocycles. The molecule has 3 aromatic rings. The first-order valence-electron chi connectivity index (χ1n) is 9.15. The lowest BCUT2D eigenvalue weighted by Gasteiger charge is -2.43. The molecule has 4 heteroatoms. The molecule has 1 fully saturated rings. The molecule has 26 heavy (non-hydrogen) atoms. The molecule has 2 aliphatic rings. The second-order valence-corrected chi connectivity index (χ2v) is 7.26. The quantitative estimate of drug-likeness (QED) is 0.675. The maximum atomic E-state index is 13.4. The molecule has 1 aliphatic heterocycles. The van der Waals surface area contributed by atoms with Gasteiger partial charge in [0.25, 0.3) is 0 Å². The van der Waals surface area contributed by atoms with Crippen LogP contribution in [0.1, 0.15) is 42.3 Å². The standard InChI is InChI=1S/C22H19FN2O/c23-14-8-6-13(7-9-14)22-21-16(3-1-5-19(21)26)20-15-4-2-12-24-17(15)10-11-18(20)25-22/h2,4,6-12,16,21-22,25H,1,3,5H2. The van der Waals surface area contributed by atoms with Gasteiger partial charge in [-0.15, -0.1) is 0 Å². The Kier molecular flexibility index (Phi) is 3.52. The lowest BCUT2D eigenvalue weighted by atomic mass is 9.66. The minimum absolute atomic E-state index is 0.116. The van der Waals surface area contributed by atoms with E-state index in [1.807, 2.05) is 12.1 Å². The number of fused-ring (bicyclic) bond motifs is 5. The number of hydrogen-bond donors (Lipinski definition) is 1. The number of hydrogen-bond acceptors (Lipinski definition) is 3. The number of aromatic nitrogens is 1. The normalized spacial score (nSPS) is 24.7. The van der Waals surface area contributed by atoms with E-state index in [0.717, 1.165) is 35.0 Å². The van der Waals surface area contributed by atoms with Crippen molar-refractivity contribution in [2.75, 3.05) is 5.32 Å². The van der Waals surface area contributed by atoms with Crippen LogP contribution in [0.3, 0.4) is 0 Å².